The largest absolute Gasteiger partial charge is 0.308 e. The highest BCUT2D eigenvalue weighted by Gasteiger charge is 2.42. The molecule has 0 aromatic carbocycles. The number of hydrogen-bond acceptors (Lipinski definition) is 2. The van der Waals surface area contributed by atoms with Gasteiger partial charge in [-0.2, -0.15) is 0 Å². The van der Waals surface area contributed by atoms with Gasteiger partial charge in [-0.3, -0.25) is 9.29 Å². The van der Waals surface area contributed by atoms with Gasteiger partial charge in [0.05, 0.1) is 6.67 Å². The summed E-state index contributed by atoms with van der Waals surface area (Å²) in [4.78, 5) is 2.66. The maximum atomic E-state index is 12.6. The van der Waals surface area contributed by atoms with Crippen LogP contribution in [0.2, 0.25) is 0 Å². The van der Waals surface area contributed by atoms with Crippen LogP contribution in [0.15, 0.2) is 0 Å². The van der Waals surface area contributed by atoms with E-state index in [1.165, 1.54) is 64.3 Å². The lowest BCUT2D eigenvalue weighted by Crippen LogP contribution is -2.65. The molecule has 3 heteroatoms. The van der Waals surface area contributed by atoms with E-state index >= 15 is 0 Å². The minimum absolute atomic E-state index is 0.158. The first-order chi connectivity index (χ1) is 9.83. The summed E-state index contributed by atoms with van der Waals surface area (Å²) in [5.74, 6) is 0.856. The lowest BCUT2D eigenvalue weighted by Gasteiger charge is -2.49. The molecule has 3 aliphatic rings. The first-order valence-electron chi connectivity index (χ1n) is 8.88. The van der Waals surface area contributed by atoms with Crippen molar-refractivity contribution in [3.05, 3.63) is 0 Å². The number of hydrogen-bond donors (Lipinski definition) is 1. The fourth-order valence-electron chi connectivity index (χ4n) is 4.89. The molecule has 3 rings (SSSR count). The van der Waals surface area contributed by atoms with Crippen LogP contribution in [0.25, 0.3) is 0 Å². The molecule has 1 heterocycles. The van der Waals surface area contributed by atoms with Gasteiger partial charge in [-0.25, -0.2) is 0 Å². The number of nitrogens with zero attached hydrogens (tertiary/aromatic N) is 1. The molecule has 1 saturated heterocycles. The first-order valence-corrected chi connectivity index (χ1v) is 8.88. The Hall–Kier alpha value is -0.150. The Morgan fingerprint density at radius 2 is 1.80 bits per heavy atom. The van der Waals surface area contributed by atoms with Crippen LogP contribution >= 0.6 is 0 Å². The van der Waals surface area contributed by atoms with Gasteiger partial charge in [0.1, 0.15) is 0 Å². The molecule has 0 aromatic rings. The lowest BCUT2D eigenvalue weighted by molar-refractivity contribution is 0.0358. The summed E-state index contributed by atoms with van der Waals surface area (Å²) in [6, 6.07) is 0.674. The number of nitrogens with one attached hydrogen (secondary N) is 1. The van der Waals surface area contributed by atoms with Crippen LogP contribution in [0.5, 0.6) is 0 Å². The Morgan fingerprint density at radius 1 is 1.05 bits per heavy atom. The molecule has 1 aliphatic heterocycles. The Balaban J connectivity index is 1.65. The van der Waals surface area contributed by atoms with Crippen LogP contribution in [-0.2, 0) is 0 Å². The third kappa shape index (κ3) is 3.19. The second-order valence-electron chi connectivity index (χ2n) is 7.35. The topological polar surface area (TPSA) is 15.3 Å². The second-order valence-corrected chi connectivity index (χ2v) is 7.35. The van der Waals surface area contributed by atoms with Crippen LogP contribution in [0.3, 0.4) is 0 Å². The summed E-state index contributed by atoms with van der Waals surface area (Å²) in [6.45, 7) is 3.14. The molecule has 0 bridgehead atoms. The molecule has 2 nitrogen and oxygen atoms in total. The zero-order chi connectivity index (χ0) is 13.8. The molecule has 116 valence electrons. The van der Waals surface area contributed by atoms with E-state index in [1.54, 1.807) is 0 Å². The van der Waals surface area contributed by atoms with Gasteiger partial charge in [0.15, 0.2) is 0 Å². The smallest absolute Gasteiger partial charge is 0.0906 e. The van der Waals surface area contributed by atoms with E-state index in [1.807, 2.05) is 0 Å². The summed E-state index contributed by atoms with van der Waals surface area (Å²) in [5, 5.41) is 3.91. The summed E-state index contributed by atoms with van der Waals surface area (Å²) >= 11 is 0. The van der Waals surface area contributed by atoms with Gasteiger partial charge in [0, 0.05) is 31.2 Å². The van der Waals surface area contributed by atoms with E-state index in [0.29, 0.717) is 11.6 Å². The van der Waals surface area contributed by atoms with Crippen LogP contribution in [0.4, 0.5) is 4.39 Å². The highest BCUT2D eigenvalue weighted by molar-refractivity contribution is 5.02. The maximum absolute atomic E-state index is 12.6. The van der Waals surface area contributed by atoms with E-state index in [9.17, 15) is 4.39 Å². The highest BCUT2D eigenvalue weighted by atomic mass is 19.1. The molecule has 1 spiro atoms. The van der Waals surface area contributed by atoms with E-state index in [4.69, 9.17) is 0 Å². The predicted octanol–water partition coefficient (Wildman–Crippen LogP) is 3.51. The minimum atomic E-state index is -0.158. The second kappa shape index (κ2) is 6.74. The first kappa shape index (κ1) is 14.8. The Labute approximate surface area is 123 Å². The standard InChI is InChI=1S/C17H31FN2/c18-11-6-12-20-14-17(9-4-5-10-17)19-13-16(20)15-7-2-1-3-8-15/h15-16,19H,1-14H2. The van der Waals surface area contributed by atoms with Gasteiger partial charge in [-0.1, -0.05) is 32.1 Å². The molecule has 0 radical (unpaired) electrons. The van der Waals surface area contributed by atoms with Gasteiger partial charge in [0.2, 0.25) is 0 Å². The zero-order valence-electron chi connectivity index (χ0n) is 12.9. The fraction of sp³-hybridized carbons (Fsp3) is 1.00. The SMILES string of the molecule is FCCCN1CC2(CCCC2)NCC1C1CCCCC1. The Kier molecular flexibility index (Phi) is 4.98. The number of alkyl halides is 1. The molecule has 0 aromatic heterocycles. The molecule has 0 amide bonds. The van der Waals surface area contributed by atoms with Crippen LogP contribution in [-0.4, -0.2) is 42.8 Å². The molecular formula is C17H31FN2. The van der Waals surface area contributed by atoms with E-state index < -0.39 is 0 Å². The van der Waals surface area contributed by atoms with Crippen molar-refractivity contribution in [3.63, 3.8) is 0 Å². The maximum Gasteiger partial charge on any atom is 0.0906 e. The third-order valence-corrected chi connectivity index (χ3v) is 5.99. The molecule has 1 N–H and O–H groups in total. The molecule has 2 saturated carbocycles. The van der Waals surface area contributed by atoms with Crippen molar-refractivity contribution in [2.45, 2.75) is 75.8 Å². The average molecular weight is 282 g/mol. The van der Waals surface area contributed by atoms with Gasteiger partial charge < -0.3 is 5.32 Å². The van der Waals surface area contributed by atoms with E-state index in [-0.39, 0.29) is 6.67 Å². The molecule has 2 aliphatic carbocycles. The predicted molar refractivity (Wildman–Crippen MR) is 81.7 cm³/mol. The van der Waals surface area contributed by atoms with Crippen LogP contribution < -0.4 is 5.32 Å². The van der Waals surface area contributed by atoms with Crippen molar-refractivity contribution in [3.8, 4) is 0 Å². The van der Waals surface area contributed by atoms with Gasteiger partial charge >= 0.3 is 0 Å². The van der Waals surface area contributed by atoms with Crippen molar-refractivity contribution < 1.29 is 4.39 Å². The monoisotopic (exact) mass is 282 g/mol. The van der Waals surface area contributed by atoms with E-state index in [2.05, 4.69) is 10.2 Å². The Bertz CT molecular complexity index is 295. The fourth-order valence-corrected chi connectivity index (χ4v) is 4.89. The van der Waals surface area contributed by atoms with Crippen molar-refractivity contribution in [1.29, 1.82) is 0 Å². The number of rotatable bonds is 4. The number of piperazine rings is 1. The summed E-state index contributed by atoms with van der Waals surface area (Å²) in [7, 11) is 0. The summed E-state index contributed by atoms with van der Waals surface area (Å²) in [5.41, 5.74) is 0.376. The van der Waals surface area contributed by atoms with Crippen molar-refractivity contribution >= 4 is 0 Å². The van der Waals surface area contributed by atoms with Crippen LogP contribution in [0, 0.1) is 5.92 Å². The van der Waals surface area contributed by atoms with E-state index in [0.717, 1.165) is 25.4 Å². The molecule has 3 fully saturated rings. The van der Waals surface area contributed by atoms with Crippen molar-refractivity contribution in [2.24, 2.45) is 5.92 Å². The molecule has 20 heavy (non-hydrogen) atoms. The quantitative estimate of drug-likeness (QED) is 0.849. The summed E-state index contributed by atoms with van der Waals surface area (Å²) in [6.07, 6.45) is 13.1. The lowest BCUT2D eigenvalue weighted by atomic mass is 9.80. The normalized spacial score (nSPS) is 31.9. The molecule has 1 unspecified atom stereocenters. The molecular weight excluding hydrogens is 251 g/mol. The zero-order valence-corrected chi connectivity index (χ0v) is 12.9. The average Bonchev–Trinajstić information content (AvgIpc) is 2.94. The highest BCUT2D eigenvalue weighted by Crippen LogP contribution is 2.37. The number of halogens is 1. The van der Waals surface area contributed by atoms with Crippen molar-refractivity contribution in [1.82, 2.24) is 10.2 Å². The van der Waals surface area contributed by atoms with Crippen molar-refractivity contribution in [2.75, 3.05) is 26.3 Å². The summed E-state index contributed by atoms with van der Waals surface area (Å²) < 4.78 is 12.6. The minimum Gasteiger partial charge on any atom is -0.308 e. The Morgan fingerprint density at radius 3 is 2.50 bits per heavy atom. The van der Waals surface area contributed by atoms with Gasteiger partial charge in [-0.05, 0) is 38.0 Å². The van der Waals surface area contributed by atoms with Gasteiger partial charge in [0.25, 0.3) is 0 Å². The molecule has 1 atom stereocenters. The third-order valence-electron chi connectivity index (χ3n) is 5.99. The van der Waals surface area contributed by atoms with Crippen LogP contribution in [0.1, 0.15) is 64.2 Å². The van der Waals surface area contributed by atoms with Gasteiger partial charge in [-0.15, -0.1) is 0 Å².